The third-order valence-electron chi connectivity index (χ3n) is 5.09. The van der Waals surface area contributed by atoms with E-state index in [4.69, 9.17) is 4.74 Å². The Morgan fingerprint density at radius 3 is 2.70 bits per heavy atom. The number of carbonyl (C=O) groups is 2. The molecule has 1 saturated carbocycles. The molecule has 6 nitrogen and oxygen atoms in total. The molecule has 1 atom stereocenters. The van der Waals surface area contributed by atoms with E-state index in [9.17, 15) is 14.7 Å². The van der Waals surface area contributed by atoms with Crippen LogP contribution in [0.25, 0.3) is 0 Å². The molecule has 2 heterocycles. The van der Waals surface area contributed by atoms with Crippen LogP contribution in [0.15, 0.2) is 18.2 Å². The van der Waals surface area contributed by atoms with Crippen molar-refractivity contribution >= 4 is 17.9 Å². The van der Waals surface area contributed by atoms with Gasteiger partial charge in [0.05, 0.1) is 12.0 Å². The molecule has 1 spiro atoms. The lowest BCUT2D eigenvalue weighted by atomic mass is 9.74. The second-order valence-electron chi connectivity index (χ2n) is 6.48. The first-order valence-electron chi connectivity index (χ1n) is 8.15. The molecule has 1 aromatic rings. The van der Waals surface area contributed by atoms with Gasteiger partial charge in [-0.25, -0.2) is 9.78 Å². The highest BCUT2D eigenvalue weighted by Crippen LogP contribution is 2.45. The highest BCUT2D eigenvalue weighted by Gasteiger charge is 2.55. The van der Waals surface area contributed by atoms with Crippen LogP contribution in [0, 0.1) is 12.8 Å². The van der Waals surface area contributed by atoms with Crippen molar-refractivity contribution in [2.45, 2.75) is 57.6 Å². The van der Waals surface area contributed by atoms with Crippen LogP contribution < -0.4 is 4.90 Å². The molecule has 1 unspecified atom stereocenters. The molecule has 1 aromatic heterocycles. The molecule has 2 fully saturated rings. The van der Waals surface area contributed by atoms with Crippen molar-refractivity contribution in [1.82, 2.24) is 4.98 Å². The topological polar surface area (TPSA) is 79.7 Å². The number of anilines is 1. The van der Waals surface area contributed by atoms with Gasteiger partial charge in [-0.2, -0.15) is 0 Å². The Bertz CT molecular complexity index is 623. The Balaban J connectivity index is 1.88. The number of pyridine rings is 1. The number of amides is 1. The van der Waals surface area contributed by atoms with Crippen LogP contribution in [0.5, 0.6) is 0 Å². The molecular weight excluding hydrogens is 296 g/mol. The fourth-order valence-corrected chi connectivity index (χ4v) is 3.91. The van der Waals surface area contributed by atoms with E-state index in [2.05, 4.69) is 4.98 Å². The predicted molar refractivity (Wildman–Crippen MR) is 84.3 cm³/mol. The molecule has 1 saturated heterocycles. The van der Waals surface area contributed by atoms with Crippen molar-refractivity contribution in [2.24, 2.45) is 5.92 Å². The molecule has 0 bridgehead atoms. The van der Waals surface area contributed by atoms with Crippen molar-refractivity contribution in [3.05, 3.63) is 23.9 Å². The quantitative estimate of drug-likeness (QED) is 0.926. The van der Waals surface area contributed by atoms with E-state index in [-0.39, 0.29) is 18.1 Å². The van der Waals surface area contributed by atoms with E-state index in [1.807, 2.05) is 32.0 Å². The zero-order chi connectivity index (χ0) is 16.6. The number of aryl methyl sites for hydroxylation is 1. The first kappa shape index (κ1) is 15.8. The molecular formula is C17H22N2O4. The van der Waals surface area contributed by atoms with Gasteiger partial charge in [0.25, 0.3) is 0 Å². The summed E-state index contributed by atoms with van der Waals surface area (Å²) < 4.78 is 5.78. The molecule has 124 valence electrons. The second kappa shape index (κ2) is 5.83. The number of hydrogen-bond acceptors (Lipinski definition) is 4. The Kier molecular flexibility index (Phi) is 4.00. The first-order valence-corrected chi connectivity index (χ1v) is 8.15. The maximum absolute atomic E-state index is 12.5. The number of carboxylic acid groups (broad SMARTS) is 1. The summed E-state index contributed by atoms with van der Waals surface area (Å²) in [7, 11) is 0. The van der Waals surface area contributed by atoms with Gasteiger partial charge < -0.3 is 9.84 Å². The number of aromatic nitrogens is 1. The summed E-state index contributed by atoms with van der Waals surface area (Å²) in [6.07, 6.45) is 2.66. The maximum Gasteiger partial charge on any atom is 0.416 e. The minimum absolute atomic E-state index is 0.0981. The van der Waals surface area contributed by atoms with Gasteiger partial charge in [0.15, 0.2) is 0 Å². The number of aliphatic carboxylic acids is 1. The van der Waals surface area contributed by atoms with Crippen LogP contribution in [0.1, 0.15) is 44.7 Å². The summed E-state index contributed by atoms with van der Waals surface area (Å²) >= 11 is 0. The molecule has 0 aromatic carbocycles. The molecule has 1 aliphatic carbocycles. The average Bonchev–Trinajstić information content (AvgIpc) is 2.79. The van der Waals surface area contributed by atoms with Gasteiger partial charge in [-0.05, 0) is 51.2 Å². The lowest BCUT2D eigenvalue weighted by Gasteiger charge is -2.38. The molecule has 1 N–H and O–H groups in total. The van der Waals surface area contributed by atoms with Crippen LogP contribution in [-0.2, 0) is 9.53 Å². The number of carbonyl (C=O) groups excluding carboxylic acids is 1. The summed E-state index contributed by atoms with van der Waals surface area (Å²) in [5.41, 5.74) is 0.268. The minimum atomic E-state index is -0.755. The first-order chi connectivity index (χ1) is 11.0. The normalized spacial score (nSPS) is 30.5. The van der Waals surface area contributed by atoms with Crippen LogP contribution in [0.2, 0.25) is 0 Å². The molecule has 1 amide bonds. The van der Waals surface area contributed by atoms with E-state index in [1.165, 1.54) is 0 Å². The highest BCUT2D eigenvalue weighted by molar-refractivity contribution is 5.90. The standard InChI is InChI=1S/C17H22N2O4/c1-3-13-17(9-7-12(8-10-17)15(20)21)23-16(22)19(13)14-6-4-5-11(2)18-14/h4-6,12-13H,3,7-10H2,1-2H3,(H,20,21). The van der Waals surface area contributed by atoms with Crippen molar-refractivity contribution in [3.8, 4) is 0 Å². The van der Waals surface area contributed by atoms with Crippen molar-refractivity contribution < 1.29 is 19.4 Å². The van der Waals surface area contributed by atoms with Gasteiger partial charge in [-0.3, -0.25) is 9.69 Å². The van der Waals surface area contributed by atoms with Gasteiger partial charge in [-0.1, -0.05) is 13.0 Å². The zero-order valence-corrected chi connectivity index (χ0v) is 13.5. The summed E-state index contributed by atoms with van der Waals surface area (Å²) in [4.78, 5) is 29.8. The van der Waals surface area contributed by atoms with Gasteiger partial charge in [0.2, 0.25) is 0 Å². The molecule has 23 heavy (non-hydrogen) atoms. The van der Waals surface area contributed by atoms with E-state index >= 15 is 0 Å². The van der Waals surface area contributed by atoms with Crippen molar-refractivity contribution in [2.75, 3.05) is 4.90 Å². The van der Waals surface area contributed by atoms with E-state index in [0.29, 0.717) is 31.5 Å². The lowest BCUT2D eigenvalue weighted by Crippen LogP contribution is -2.48. The SMILES string of the molecule is CCC1N(c2cccc(C)n2)C(=O)OC12CCC(C(=O)O)CC2. The maximum atomic E-state index is 12.5. The van der Waals surface area contributed by atoms with Gasteiger partial charge in [0, 0.05) is 5.69 Å². The van der Waals surface area contributed by atoms with E-state index < -0.39 is 11.6 Å². The second-order valence-corrected chi connectivity index (χ2v) is 6.48. The Morgan fingerprint density at radius 1 is 1.43 bits per heavy atom. The molecule has 2 aliphatic rings. The van der Waals surface area contributed by atoms with E-state index in [0.717, 1.165) is 12.1 Å². The summed E-state index contributed by atoms with van der Waals surface area (Å²) in [6.45, 7) is 3.92. The fraction of sp³-hybridized carbons (Fsp3) is 0.588. The van der Waals surface area contributed by atoms with E-state index in [1.54, 1.807) is 4.90 Å². The van der Waals surface area contributed by atoms with Crippen LogP contribution >= 0.6 is 0 Å². The van der Waals surface area contributed by atoms with Gasteiger partial charge in [0.1, 0.15) is 11.4 Å². The number of ether oxygens (including phenoxy) is 1. The summed E-state index contributed by atoms with van der Waals surface area (Å²) in [6, 6.07) is 5.49. The third-order valence-corrected chi connectivity index (χ3v) is 5.09. The number of carboxylic acids is 1. The van der Waals surface area contributed by atoms with Crippen LogP contribution in [0.4, 0.5) is 10.6 Å². The minimum Gasteiger partial charge on any atom is -0.481 e. The number of rotatable bonds is 3. The predicted octanol–water partition coefficient (Wildman–Crippen LogP) is 3.14. The Morgan fingerprint density at radius 2 is 2.13 bits per heavy atom. The number of hydrogen-bond donors (Lipinski definition) is 1. The highest BCUT2D eigenvalue weighted by atomic mass is 16.6. The summed E-state index contributed by atoms with van der Waals surface area (Å²) in [5.74, 6) is -0.475. The Labute approximate surface area is 135 Å². The average molecular weight is 318 g/mol. The van der Waals surface area contributed by atoms with Crippen molar-refractivity contribution in [1.29, 1.82) is 0 Å². The van der Waals surface area contributed by atoms with Gasteiger partial charge >= 0.3 is 12.1 Å². The van der Waals surface area contributed by atoms with Crippen LogP contribution in [-0.4, -0.2) is 33.8 Å². The van der Waals surface area contributed by atoms with Gasteiger partial charge in [-0.15, -0.1) is 0 Å². The monoisotopic (exact) mass is 318 g/mol. The van der Waals surface area contributed by atoms with Crippen LogP contribution in [0.3, 0.4) is 0 Å². The lowest BCUT2D eigenvalue weighted by molar-refractivity contribution is -0.144. The smallest absolute Gasteiger partial charge is 0.416 e. The molecule has 0 radical (unpaired) electrons. The molecule has 3 rings (SSSR count). The third kappa shape index (κ3) is 2.66. The molecule has 6 heteroatoms. The largest absolute Gasteiger partial charge is 0.481 e. The zero-order valence-electron chi connectivity index (χ0n) is 13.5. The summed E-state index contributed by atoms with van der Waals surface area (Å²) in [5, 5.41) is 9.18. The molecule has 1 aliphatic heterocycles. The fourth-order valence-electron chi connectivity index (χ4n) is 3.91. The number of nitrogens with zero attached hydrogens (tertiary/aromatic N) is 2. The van der Waals surface area contributed by atoms with Crippen molar-refractivity contribution in [3.63, 3.8) is 0 Å². The Hall–Kier alpha value is -2.11.